The van der Waals surface area contributed by atoms with E-state index in [-0.39, 0.29) is 11.8 Å². The van der Waals surface area contributed by atoms with Gasteiger partial charge in [-0.25, -0.2) is 9.97 Å². The van der Waals surface area contributed by atoms with E-state index in [0.29, 0.717) is 73.2 Å². The average molecular weight is 424 g/mol. The molecule has 4 N–H and O–H groups in total. The van der Waals surface area contributed by atoms with Gasteiger partial charge >= 0.3 is 0 Å². The number of hydrogen-bond donors (Lipinski definition) is 4. The highest BCUT2D eigenvalue weighted by atomic mass is 16.5. The van der Waals surface area contributed by atoms with Crippen LogP contribution in [0.15, 0.2) is 30.7 Å². The number of nitrogens with zero attached hydrogens (tertiary/aromatic N) is 2. The van der Waals surface area contributed by atoms with Gasteiger partial charge in [-0.1, -0.05) is 0 Å². The van der Waals surface area contributed by atoms with Gasteiger partial charge in [0.1, 0.15) is 18.0 Å². The minimum Gasteiger partial charge on any atom is -0.493 e. The quantitative estimate of drug-likeness (QED) is 0.547. The van der Waals surface area contributed by atoms with Crippen LogP contribution in [-0.2, 0) is 9.59 Å². The Hall–Kier alpha value is -3.82. The molecular formula is C21H24N6O4. The number of rotatable bonds is 1. The van der Waals surface area contributed by atoms with Crippen LogP contribution in [0.3, 0.4) is 0 Å². The van der Waals surface area contributed by atoms with Crippen LogP contribution in [0.1, 0.15) is 24.8 Å². The van der Waals surface area contributed by atoms with Crippen molar-refractivity contribution in [2.45, 2.75) is 19.3 Å². The molecule has 31 heavy (non-hydrogen) atoms. The highest BCUT2D eigenvalue weighted by molar-refractivity contribution is 6.32. The van der Waals surface area contributed by atoms with Gasteiger partial charge in [0.05, 0.1) is 24.9 Å². The molecule has 0 radical (unpaired) electrons. The normalized spacial score (nSPS) is 18.4. The number of hydrogen-bond acceptors (Lipinski definition) is 8. The second kappa shape index (κ2) is 9.33. The summed E-state index contributed by atoms with van der Waals surface area (Å²) in [6, 6.07) is 5.39. The number of fused-ring (bicyclic) bond motifs is 2. The molecule has 0 atom stereocenters. The lowest BCUT2D eigenvalue weighted by Crippen LogP contribution is -2.26. The molecule has 0 unspecified atom stereocenters. The summed E-state index contributed by atoms with van der Waals surface area (Å²) in [5, 5.41) is 12.0. The largest absolute Gasteiger partial charge is 0.493 e. The smallest absolute Gasteiger partial charge is 0.259 e. The third kappa shape index (κ3) is 4.68. The molecule has 0 saturated heterocycles. The molecule has 1 aromatic heterocycles. The number of benzene rings is 1. The number of carbonyl (C=O) groups is 2. The number of methoxy groups -OCH3 is 1. The maximum absolute atomic E-state index is 12.5. The molecule has 2 amide bonds. The fourth-order valence-corrected chi connectivity index (χ4v) is 3.36. The summed E-state index contributed by atoms with van der Waals surface area (Å²) in [7, 11) is 1.57. The maximum Gasteiger partial charge on any atom is 0.259 e. The number of ether oxygens (including phenoxy) is 2. The van der Waals surface area contributed by atoms with Crippen molar-refractivity contribution < 1.29 is 19.1 Å². The summed E-state index contributed by atoms with van der Waals surface area (Å²) in [5.74, 6) is 1.86. The Balaban J connectivity index is 1.65. The fraction of sp³-hybridized carbons (Fsp3) is 0.333. The predicted octanol–water partition coefficient (Wildman–Crippen LogP) is 1.98. The van der Waals surface area contributed by atoms with Crippen molar-refractivity contribution in [1.82, 2.24) is 15.3 Å². The van der Waals surface area contributed by atoms with E-state index in [2.05, 4.69) is 31.2 Å². The van der Waals surface area contributed by atoms with Crippen molar-refractivity contribution in [3.8, 4) is 11.5 Å². The highest BCUT2D eigenvalue weighted by Crippen LogP contribution is 2.35. The molecular weight excluding hydrogens is 400 g/mol. The Morgan fingerprint density at radius 3 is 2.77 bits per heavy atom. The monoisotopic (exact) mass is 424 g/mol. The van der Waals surface area contributed by atoms with Crippen LogP contribution in [0.4, 0.5) is 17.3 Å². The van der Waals surface area contributed by atoms with Crippen LogP contribution in [-0.4, -0.2) is 48.6 Å². The van der Waals surface area contributed by atoms with Crippen LogP contribution < -0.4 is 30.7 Å². The predicted molar refractivity (Wildman–Crippen MR) is 116 cm³/mol. The number of carbonyl (C=O) groups excluding carboxylic acids is 2. The van der Waals surface area contributed by atoms with Crippen LogP contribution in [0, 0.1) is 0 Å². The van der Waals surface area contributed by atoms with Crippen LogP contribution in [0.25, 0.3) is 5.57 Å². The summed E-state index contributed by atoms with van der Waals surface area (Å²) in [4.78, 5) is 33.0. The second-order valence-corrected chi connectivity index (χ2v) is 7.05. The van der Waals surface area contributed by atoms with Crippen molar-refractivity contribution >= 4 is 34.7 Å². The summed E-state index contributed by atoms with van der Waals surface area (Å²) in [6.07, 6.45) is 4.71. The van der Waals surface area contributed by atoms with E-state index in [0.717, 1.165) is 5.69 Å². The molecule has 10 heteroatoms. The molecule has 2 aliphatic heterocycles. The van der Waals surface area contributed by atoms with E-state index >= 15 is 0 Å². The van der Waals surface area contributed by atoms with Crippen molar-refractivity contribution in [3.63, 3.8) is 0 Å². The number of nitrogens with one attached hydrogen (secondary N) is 4. The first-order valence-corrected chi connectivity index (χ1v) is 10.1. The maximum atomic E-state index is 12.5. The Morgan fingerprint density at radius 2 is 1.90 bits per heavy atom. The van der Waals surface area contributed by atoms with Crippen LogP contribution >= 0.6 is 0 Å². The zero-order chi connectivity index (χ0) is 21.6. The van der Waals surface area contributed by atoms with Crippen LogP contribution in [0.2, 0.25) is 0 Å². The van der Waals surface area contributed by atoms with Gasteiger partial charge in [-0.15, -0.1) is 0 Å². The van der Waals surface area contributed by atoms with Gasteiger partial charge in [0.15, 0.2) is 11.5 Å². The van der Waals surface area contributed by atoms with E-state index in [1.807, 2.05) is 6.07 Å². The highest BCUT2D eigenvalue weighted by Gasteiger charge is 2.29. The van der Waals surface area contributed by atoms with E-state index in [1.54, 1.807) is 25.4 Å². The molecule has 0 fully saturated rings. The molecule has 0 spiro atoms. The lowest BCUT2D eigenvalue weighted by Gasteiger charge is -2.13. The molecule has 10 nitrogen and oxygen atoms in total. The zero-order valence-electron chi connectivity index (χ0n) is 17.2. The first-order chi connectivity index (χ1) is 15.2. The minimum atomic E-state index is -0.266. The van der Waals surface area contributed by atoms with Gasteiger partial charge in [0.2, 0.25) is 5.91 Å². The lowest BCUT2D eigenvalue weighted by atomic mass is 10.1. The van der Waals surface area contributed by atoms with Crippen molar-refractivity contribution in [1.29, 1.82) is 0 Å². The molecule has 2 aliphatic rings. The van der Waals surface area contributed by atoms with Gasteiger partial charge in [-0.05, 0) is 25.0 Å². The summed E-state index contributed by atoms with van der Waals surface area (Å²) >= 11 is 0. The van der Waals surface area contributed by atoms with Gasteiger partial charge in [0, 0.05) is 37.5 Å². The number of anilines is 3. The number of amides is 2. The first-order valence-electron chi connectivity index (χ1n) is 10.1. The van der Waals surface area contributed by atoms with E-state index in [9.17, 15) is 9.59 Å². The van der Waals surface area contributed by atoms with Crippen molar-refractivity contribution in [2.75, 3.05) is 42.8 Å². The summed E-state index contributed by atoms with van der Waals surface area (Å²) in [6.45, 7) is 1.51. The molecule has 2 aromatic rings. The zero-order valence-corrected chi connectivity index (χ0v) is 17.2. The average Bonchev–Trinajstić information content (AvgIpc) is 3.10. The summed E-state index contributed by atoms with van der Waals surface area (Å²) < 4.78 is 11.2. The van der Waals surface area contributed by atoms with Gasteiger partial charge in [-0.2, -0.15) is 0 Å². The fourth-order valence-electron chi connectivity index (χ4n) is 3.36. The van der Waals surface area contributed by atoms with Gasteiger partial charge in [0.25, 0.3) is 5.91 Å². The molecule has 0 saturated carbocycles. The second-order valence-electron chi connectivity index (χ2n) is 7.05. The minimum absolute atomic E-state index is 0.0185. The molecule has 2 bridgehead atoms. The lowest BCUT2D eigenvalue weighted by molar-refractivity contribution is -0.121. The molecule has 1 aromatic carbocycles. The van der Waals surface area contributed by atoms with E-state index < -0.39 is 0 Å². The van der Waals surface area contributed by atoms with E-state index in [1.165, 1.54) is 6.33 Å². The Bertz CT molecular complexity index is 1020. The SMILES string of the molecule is COc1ccc2cc1OCCCC(=O)NCCCNc1ncnc3c1/C(=C/N2)C(=O)N3. The Morgan fingerprint density at radius 1 is 1.06 bits per heavy atom. The summed E-state index contributed by atoms with van der Waals surface area (Å²) in [5.41, 5.74) is 1.75. The standard InChI is InChI=1S/C21H24N6O4/c1-30-15-6-5-13-10-16(15)31-9-2-4-17(28)22-7-3-8-23-19-18-14(11-24-13)21(29)27-20(18)26-12-25-19/h5-6,10-12,24H,2-4,7-9H2,1H3,(H,22,28)(H2,23,25,26,27,29)/b14-11-. The number of aromatic nitrogens is 2. The molecule has 3 heterocycles. The van der Waals surface area contributed by atoms with Crippen molar-refractivity contribution in [2.24, 2.45) is 0 Å². The Kier molecular flexibility index (Phi) is 6.16. The topological polar surface area (TPSA) is 126 Å². The third-order valence-corrected chi connectivity index (χ3v) is 4.91. The first kappa shape index (κ1) is 20.5. The molecule has 162 valence electrons. The third-order valence-electron chi connectivity index (χ3n) is 4.91. The van der Waals surface area contributed by atoms with Crippen LogP contribution in [0.5, 0.6) is 11.5 Å². The molecule has 4 rings (SSSR count). The van der Waals surface area contributed by atoms with E-state index in [4.69, 9.17) is 9.47 Å². The van der Waals surface area contributed by atoms with Crippen molar-refractivity contribution in [3.05, 3.63) is 36.3 Å². The Labute approximate surface area is 179 Å². The van der Waals surface area contributed by atoms with Gasteiger partial charge in [-0.3, -0.25) is 9.59 Å². The molecule has 0 aliphatic carbocycles. The van der Waals surface area contributed by atoms with Gasteiger partial charge < -0.3 is 30.7 Å².